The van der Waals surface area contributed by atoms with E-state index in [1.165, 1.54) is 0 Å². The largest absolute Gasteiger partial charge is 0.330 e. The molecule has 0 spiro atoms. The molecule has 1 unspecified atom stereocenters. The van der Waals surface area contributed by atoms with Crippen LogP contribution < -0.4 is 5.73 Å². The first-order chi connectivity index (χ1) is 8.56. The van der Waals surface area contributed by atoms with Crippen molar-refractivity contribution in [2.24, 2.45) is 11.7 Å². The highest BCUT2D eigenvalue weighted by atomic mass is 16.1. The minimum absolute atomic E-state index is 0.300. The lowest BCUT2D eigenvalue weighted by Gasteiger charge is -2.09. The van der Waals surface area contributed by atoms with Gasteiger partial charge in [-0.1, -0.05) is 6.92 Å². The van der Waals surface area contributed by atoms with Gasteiger partial charge in [0.05, 0.1) is 5.69 Å². The number of hydrogen-bond acceptors (Lipinski definition) is 3. The summed E-state index contributed by atoms with van der Waals surface area (Å²) in [5.41, 5.74) is 7.52. The quantitative estimate of drug-likeness (QED) is 0.769. The Kier molecular flexibility index (Phi) is 6.05. The fourth-order valence-corrected chi connectivity index (χ4v) is 2.14. The van der Waals surface area contributed by atoms with Crippen LogP contribution in [0.4, 0.5) is 0 Å². The maximum atomic E-state index is 11.9. The van der Waals surface area contributed by atoms with Crippen LogP contribution in [0.25, 0.3) is 0 Å². The lowest BCUT2D eigenvalue weighted by atomic mass is 9.99. The Morgan fingerprint density at radius 3 is 2.83 bits per heavy atom. The average Bonchev–Trinajstić information content (AvgIpc) is 2.67. The molecule has 0 aliphatic carbocycles. The van der Waals surface area contributed by atoms with E-state index in [1.54, 1.807) is 0 Å². The molecule has 0 aromatic carbocycles. The van der Waals surface area contributed by atoms with Gasteiger partial charge in [-0.15, -0.1) is 0 Å². The van der Waals surface area contributed by atoms with Crippen molar-refractivity contribution in [1.29, 1.82) is 0 Å². The van der Waals surface area contributed by atoms with Gasteiger partial charge < -0.3 is 5.73 Å². The zero-order chi connectivity index (χ0) is 13.5. The molecular weight excluding hydrogens is 226 g/mol. The average molecular weight is 251 g/mol. The third-order valence-electron chi connectivity index (χ3n) is 3.24. The van der Waals surface area contributed by atoms with E-state index >= 15 is 0 Å². The molecule has 1 aromatic rings. The smallest absolute Gasteiger partial charge is 0.138 e. The number of hydrogen-bond donors (Lipinski definition) is 1. The first-order valence-electron chi connectivity index (χ1n) is 6.81. The van der Waals surface area contributed by atoms with E-state index in [4.69, 9.17) is 5.73 Å². The van der Waals surface area contributed by atoms with Crippen molar-refractivity contribution in [3.8, 4) is 0 Å². The molecule has 1 heterocycles. The first kappa shape index (κ1) is 14.9. The summed E-state index contributed by atoms with van der Waals surface area (Å²) < 4.78 is 1.91. The molecule has 0 fully saturated rings. The monoisotopic (exact) mass is 251 g/mol. The molecule has 2 N–H and O–H groups in total. The van der Waals surface area contributed by atoms with E-state index in [2.05, 4.69) is 12.0 Å². The van der Waals surface area contributed by atoms with Crippen LogP contribution in [-0.2, 0) is 17.8 Å². The van der Waals surface area contributed by atoms with Gasteiger partial charge in [0.25, 0.3) is 0 Å². The Morgan fingerprint density at radius 2 is 2.22 bits per heavy atom. The lowest BCUT2D eigenvalue weighted by Crippen LogP contribution is -2.11. The molecule has 1 aromatic heterocycles. The highest BCUT2D eigenvalue weighted by molar-refractivity contribution is 5.80. The van der Waals surface area contributed by atoms with Gasteiger partial charge in [0, 0.05) is 25.1 Å². The second kappa shape index (κ2) is 7.31. The second-order valence-corrected chi connectivity index (χ2v) is 5.03. The summed E-state index contributed by atoms with van der Waals surface area (Å²) in [5.74, 6) is 0.838. The number of Topliss-reactive ketones (excluding diaryl/α,β-unsaturated/α-hetero) is 1. The van der Waals surface area contributed by atoms with Crippen molar-refractivity contribution in [3.63, 3.8) is 0 Å². The van der Waals surface area contributed by atoms with Gasteiger partial charge in [-0.05, 0) is 45.2 Å². The van der Waals surface area contributed by atoms with E-state index in [1.807, 2.05) is 24.6 Å². The SMILES string of the molecule is CCn1nc(C)cc1CC(=O)CCC(C)CCN. The first-order valence-corrected chi connectivity index (χ1v) is 6.81. The third-order valence-corrected chi connectivity index (χ3v) is 3.24. The summed E-state index contributed by atoms with van der Waals surface area (Å²) in [5, 5.41) is 4.35. The fraction of sp³-hybridized carbons (Fsp3) is 0.714. The number of aryl methyl sites for hydroxylation is 2. The number of carbonyl (C=O) groups is 1. The minimum Gasteiger partial charge on any atom is -0.330 e. The van der Waals surface area contributed by atoms with Crippen LogP contribution in [-0.4, -0.2) is 22.1 Å². The van der Waals surface area contributed by atoms with E-state index in [-0.39, 0.29) is 0 Å². The van der Waals surface area contributed by atoms with Crippen molar-refractivity contribution in [1.82, 2.24) is 9.78 Å². The predicted octanol–water partition coefficient (Wildman–Crippen LogP) is 2.09. The summed E-state index contributed by atoms with van der Waals surface area (Å²) >= 11 is 0. The fourth-order valence-electron chi connectivity index (χ4n) is 2.14. The van der Waals surface area contributed by atoms with Crippen LogP contribution in [0.1, 0.15) is 44.5 Å². The van der Waals surface area contributed by atoms with Crippen LogP contribution in [0.2, 0.25) is 0 Å². The van der Waals surface area contributed by atoms with E-state index in [0.29, 0.717) is 31.1 Å². The van der Waals surface area contributed by atoms with Gasteiger partial charge in [-0.25, -0.2) is 0 Å². The maximum absolute atomic E-state index is 11.9. The Bertz CT molecular complexity index is 384. The predicted molar refractivity (Wildman–Crippen MR) is 73.4 cm³/mol. The molecule has 0 amide bonds. The molecule has 4 heteroatoms. The number of nitrogens with zero attached hydrogens (tertiary/aromatic N) is 2. The van der Waals surface area contributed by atoms with E-state index in [9.17, 15) is 4.79 Å². The molecule has 0 saturated carbocycles. The van der Waals surface area contributed by atoms with Gasteiger partial charge in [-0.2, -0.15) is 5.10 Å². The molecular formula is C14H25N3O. The standard InChI is InChI=1S/C14H25N3O/c1-4-17-13(9-12(3)16-17)10-14(18)6-5-11(2)7-8-15/h9,11H,4-8,10,15H2,1-3H3. The zero-order valence-electron chi connectivity index (χ0n) is 11.8. The molecule has 1 atom stereocenters. The van der Waals surface area contributed by atoms with Gasteiger partial charge >= 0.3 is 0 Å². The molecule has 4 nitrogen and oxygen atoms in total. The number of carbonyl (C=O) groups excluding carboxylic acids is 1. The highest BCUT2D eigenvalue weighted by Gasteiger charge is 2.11. The van der Waals surface area contributed by atoms with Crippen LogP contribution in [0, 0.1) is 12.8 Å². The third kappa shape index (κ3) is 4.61. The molecule has 18 heavy (non-hydrogen) atoms. The highest BCUT2D eigenvalue weighted by Crippen LogP contribution is 2.12. The normalized spacial score (nSPS) is 12.7. The van der Waals surface area contributed by atoms with Gasteiger partial charge in [0.1, 0.15) is 5.78 Å². The number of nitrogens with two attached hydrogens (primary N) is 1. The van der Waals surface area contributed by atoms with Gasteiger partial charge in [0.2, 0.25) is 0 Å². The lowest BCUT2D eigenvalue weighted by molar-refractivity contribution is -0.118. The minimum atomic E-state index is 0.300. The summed E-state index contributed by atoms with van der Waals surface area (Å²) in [6, 6.07) is 2.00. The maximum Gasteiger partial charge on any atom is 0.138 e. The summed E-state index contributed by atoms with van der Waals surface area (Å²) in [6.07, 6.45) is 3.09. The van der Waals surface area contributed by atoms with Crippen LogP contribution in [0.3, 0.4) is 0 Å². The molecule has 0 bridgehead atoms. The van der Waals surface area contributed by atoms with Crippen molar-refractivity contribution < 1.29 is 4.79 Å². The van der Waals surface area contributed by atoms with Crippen molar-refractivity contribution >= 4 is 5.78 Å². The topological polar surface area (TPSA) is 60.9 Å². The molecule has 102 valence electrons. The van der Waals surface area contributed by atoms with Gasteiger partial charge in [0.15, 0.2) is 0 Å². The van der Waals surface area contributed by atoms with Crippen molar-refractivity contribution in [2.45, 2.75) is 53.0 Å². The number of rotatable bonds is 8. The number of ketones is 1. The summed E-state index contributed by atoms with van der Waals surface area (Å²) in [6.45, 7) is 7.69. The Hall–Kier alpha value is -1.16. The summed E-state index contributed by atoms with van der Waals surface area (Å²) in [4.78, 5) is 11.9. The zero-order valence-corrected chi connectivity index (χ0v) is 11.8. The molecule has 1 rings (SSSR count). The van der Waals surface area contributed by atoms with Crippen molar-refractivity contribution in [2.75, 3.05) is 6.54 Å². The van der Waals surface area contributed by atoms with Crippen molar-refractivity contribution in [3.05, 3.63) is 17.5 Å². The van der Waals surface area contributed by atoms with E-state index < -0.39 is 0 Å². The summed E-state index contributed by atoms with van der Waals surface area (Å²) in [7, 11) is 0. The van der Waals surface area contributed by atoms with Crippen LogP contribution >= 0.6 is 0 Å². The molecule has 0 saturated heterocycles. The van der Waals surface area contributed by atoms with E-state index in [0.717, 1.165) is 30.8 Å². The Balaban J connectivity index is 2.44. The molecule has 0 aliphatic rings. The second-order valence-electron chi connectivity index (χ2n) is 5.03. The number of aromatic nitrogens is 2. The Morgan fingerprint density at radius 1 is 1.50 bits per heavy atom. The van der Waals surface area contributed by atoms with Gasteiger partial charge in [-0.3, -0.25) is 9.48 Å². The molecule has 0 radical (unpaired) electrons. The molecule has 0 aliphatic heterocycles. The van der Waals surface area contributed by atoms with Crippen LogP contribution in [0.15, 0.2) is 6.07 Å². The van der Waals surface area contributed by atoms with Crippen LogP contribution in [0.5, 0.6) is 0 Å². The Labute approximate surface area is 110 Å².